The smallest absolute Gasteiger partial charge is 0.315 e. The van der Waals surface area contributed by atoms with Gasteiger partial charge in [0.1, 0.15) is 0 Å². The van der Waals surface area contributed by atoms with Gasteiger partial charge >= 0.3 is 6.03 Å². The highest BCUT2D eigenvalue weighted by atomic mass is 16.2. The number of rotatable bonds is 3. The van der Waals surface area contributed by atoms with E-state index in [1.54, 1.807) is 4.90 Å². The first kappa shape index (κ1) is 12.6. The number of carbonyl (C=O) groups excluding carboxylic acids is 1. The zero-order chi connectivity index (χ0) is 12.3. The Bertz CT molecular complexity index is 347. The molecule has 0 spiro atoms. The Morgan fingerprint density at radius 1 is 1.56 bits per heavy atom. The molecule has 0 unspecified atom stereocenters. The van der Waals surface area contributed by atoms with E-state index in [0.29, 0.717) is 12.5 Å². The maximum absolute atomic E-state index is 11.4. The number of primary amides is 1. The molecule has 0 aromatic carbocycles. The van der Waals surface area contributed by atoms with Crippen molar-refractivity contribution in [2.24, 2.45) is 11.7 Å². The van der Waals surface area contributed by atoms with Crippen LogP contribution in [0.15, 0.2) is 36.5 Å². The minimum Gasteiger partial charge on any atom is -0.351 e. The molecule has 3 nitrogen and oxygen atoms in total. The third kappa shape index (κ3) is 2.18. The van der Waals surface area contributed by atoms with Gasteiger partial charge in [-0.05, 0) is 23.5 Å². The second-order valence-electron chi connectivity index (χ2n) is 4.36. The van der Waals surface area contributed by atoms with Crippen molar-refractivity contribution in [3.63, 3.8) is 0 Å². The van der Waals surface area contributed by atoms with Gasteiger partial charge in [-0.1, -0.05) is 39.2 Å². The monoisotopic (exact) mass is 222 g/mol. The zero-order valence-corrected chi connectivity index (χ0v) is 10.1. The number of nitrogens with two attached hydrogens (primary N) is 1. The molecule has 1 atom stereocenters. The van der Waals surface area contributed by atoms with Crippen LogP contribution in [-0.2, 0) is 0 Å². The summed E-state index contributed by atoms with van der Waals surface area (Å²) in [6.45, 7) is 12.5. The lowest BCUT2D eigenvalue weighted by Crippen LogP contribution is -2.49. The zero-order valence-electron chi connectivity index (χ0n) is 10.1. The van der Waals surface area contributed by atoms with Crippen molar-refractivity contribution < 1.29 is 6.22 Å². The first-order valence-corrected chi connectivity index (χ1v) is 5.56. The summed E-state index contributed by atoms with van der Waals surface area (Å²) in [4.78, 5) is 13.1. The van der Waals surface area contributed by atoms with E-state index in [-0.39, 0.29) is 13.5 Å². The van der Waals surface area contributed by atoms with Crippen molar-refractivity contribution in [3.05, 3.63) is 36.5 Å². The number of urea groups is 1. The number of carbonyl (C=O) groups is 1. The van der Waals surface area contributed by atoms with Crippen molar-refractivity contribution in [3.8, 4) is 0 Å². The van der Waals surface area contributed by atoms with Crippen LogP contribution in [0.5, 0.6) is 0 Å². The molecule has 1 rings (SSSR count). The molecular formula is C13H22N2O. The third-order valence-corrected chi connectivity index (χ3v) is 3.03. The lowest BCUT2D eigenvalue weighted by Gasteiger charge is -2.39. The molecular weight excluding hydrogens is 200 g/mol. The van der Waals surface area contributed by atoms with E-state index in [2.05, 4.69) is 27.0 Å². The number of nitrogens with zero attached hydrogens (tertiary/aromatic N) is 1. The number of hydrogen-bond donors (Lipinski definition) is 1. The quantitative estimate of drug-likeness (QED) is 0.784. The molecule has 0 bridgehead atoms. The maximum atomic E-state index is 11.4. The topological polar surface area (TPSA) is 46.3 Å². The van der Waals surface area contributed by atoms with Gasteiger partial charge in [0.15, 0.2) is 0 Å². The van der Waals surface area contributed by atoms with Gasteiger partial charge in [-0.15, -0.1) is 0 Å². The first-order valence-electron chi connectivity index (χ1n) is 5.56. The second-order valence-corrected chi connectivity index (χ2v) is 4.36. The van der Waals surface area contributed by atoms with Crippen molar-refractivity contribution in [2.45, 2.75) is 26.3 Å². The van der Waals surface area contributed by atoms with Gasteiger partial charge in [0.05, 0.1) is 6.04 Å². The lowest BCUT2D eigenvalue weighted by molar-refractivity contribution is 0.173. The number of hydrogen-bond acceptors (Lipinski definition) is 1. The fourth-order valence-corrected chi connectivity index (χ4v) is 2.32. The molecule has 1 heterocycles. The van der Waals surface area contributed by atoms with Gasteiger partial charge in [-0.25, -0.2) is 4.79 Å². The fraction of sp³-hybridized carbons (Fsp3) is 0.462. The summed E-state index contributed by atoms with van der Waals surface area (Å²) < 4.78 is 0. The highest BCUT2D eigenvalue weighted by Gasteiger charge is 2.31. The summed E-state index contributed by atoms with van der Waals surface area (Å²) in [5, 5.41) is 0. The van der Waals surface area contributed by atoms with Crippen LogP contribution in [-0.4, -0.2) is 23.5 Å². The highest BCUT2D eigenvalue weighted by Crippen LogP contribution is 2.29. The van der Waals surface area contributed by atoms with Crippen LogP contribution in [0.25, 0.3) is 0 Å². The van der Waals surface area contributed by atoms with E-state index < -0.39 is 0 Å². The summed E-state index contributed by atoms with van der Waals surface area (Å²) in [7, 11) is 0. The van der Waals surface area contributed by atoms with E-state index in [4.69, 9.17) is 5.73 Å². The maximum Gasteiger partial charge on any atom is 0.315 e. The molecule has 0 fully saturated rings. The molecule has 0 aliphatic carbocycles. The molecule has 2 amide bonds. The summed E-state index contributed by atoms with van der Waals surface area (Å²) in [6, 6.07) is -0.335. The van der Waals surface area contributed by atoms with Crippen LogP contribution >= 0.6 is 0 Å². The van der Waals surface area contributed by atoms with E-state index in [1.165, 1.54) is 5.57 Å². The molecule has 0 radical (unpaired) electrons. The van der Waals surface area contributed by atoms with Gasteiger partial charge in [0.25, 0.3) is 0 Å². The van der Waals surface area contributed by atoms with Gasteiger partial charge < -0.3 is 10.6 Å². The minimum atomic E-state index is -0.360. The third-order valence-electron chi connectivity index (χ3n) is 3.03. The van der Waals surface area contributed by atoms with Gasteiger partial charge in [-0.2, -0.15) is 0 Å². The lowest BCUT2D eigenvalue weighted by atomic mass is 9.86. The number of allylic oxidation sites excluding steroid dienone is 1. The van der Waals surface area contributed by atoms with Crippen molar-refractivity contribution in [1.82, 2.24) is 4.90 Å². The Kier molecular flexibility index (Phi) is 3.93. The molecule has 1 aliphatic rings. The average Bonchev–Trinajstić information content (AvgIpc) is 2.26. The van der Waals surface area contributed by atoms with Crippen LogP contribution in [0.4, 0.5) is 4.79 Å². The van der Waals surface area contributed by atoms with Crippen LogP contribution in [0, 0.1) is 5.92 Å². The van der Waals surface area contributed by atoms with Crippen molar-refractivity contribution in [2.75, 3.05) is 6.54 Å². The Morgan fingerprint density at radius 2 is 2.19 bits per heavy atom. The number of amides is 2. The largest absolute Gasteiger partial charge is 0.351 e. The molecule has 0 aromatic rings. The van der Waals surface area contributed by atoms with Crippen LogP contribution in [0.2, 0.25) is 0 Å². The van der Waals surface area contributed by atoms with Gasteiger partial charge in [-0.3, -0.25) is 0 Å². The average molecular weight is 222 g/mol. The fourth-order valence-electron chi connectivity index (χ4n) is 2.32. The van der Waals surface area contributed by atoms with E-state index >= 15 is 0 Å². The normalized spacial score (nSPS) is 21.2. The van der Waals surface area contributed by atoms with E-state index in [9.17, 15) is 4.79 Å². The Balaban J connectivity index is 0.00000256. The molecule has 2 N–H and O–H groups in total. The van der Waals surface area contributed by atoms with Gasteiger partial charge in [0.2, 0.25) is 0 Å². The van der Waals surface area contributed by atoms with E-state index in [1.807, 2.05) is 12.2 Å². The summed E-state index contributed by atoms with van der Waals surface area (Å²) >= 11 is 0. The van der Waals surface area contributed by atoms with Crippen molar-refractivity contribution in [1.29, 1.82) is 0 Å². The second kappa shape index (κ2) is 5.01. The molecule has 0 saturated carbocycles. The molecule has 0 aromatic heterocycles. The molecule has 1 aliphatic heterocycles. The Morgan fingerprint density at radius 3 is 2.56 bits per heavy atom. The van der Waals surface area contributed by atoms with Gasteiger partial charge in [0, 0.05) is 7.97 Å². The molecule has 0 saturated heterocycles. The standard InChI is InChI=1S/C13H20N2O.H2/c1-5-10-7-8-15(13(14)16)12(9(3)4)11(10)6-2;/h5-6,9,12H,1-2,7-8H2,3-4H3,(H2,14,16);1H/t12-;/m0./s1. The van der Waals surface area contributed by atoms with Crippen molar-refractivity contribution >= 4 is 6.03 Å². The predicted molar refractivity (Wildman–Crippen MR) is 69.1 cm³/mol. The van der Waals surface area contributed by atoms with E-state index in [0.717, 1.165) is 12.0 Å². The first-order chi connectivity index (χ1) is 7.52. The Hall–Kier alpha value is -1.51. The summed E-state index contributed by atoms with van der Waals surface area (Å²) in [6.07, 6.45) is 4.47. The SMILES string of the molecule is C=CC1=C(C=C)[C@H](C(C)C)N(C(N)=O)CC1.[HH]. The minimum absolute atomic E-state index is 0. The molecule has 90 valence electrons. The Labute approximate surface area is 98.8 Å². The van der Waals surface area contributed by atoms with Crippen LogP contribution in [0.1, 0.15) is 21.7 Å². The summed E-state index contributed by atoms with van der Waals surface area (Å²) in [5.41, 5.74) is 7.65. The summed E-state index contributed by atoms with van der Waals surface area (Å²) in [5.74, 6) is 0.316. The van der Waals surface area contributed by atoms with Crippen LogP contribution < -0.4 is 5.73 Å². The highest BCUT2D eigenvalue weighted by molar-refractivity contribution is 5.73. The molecule has 16 heavy (non-hydrogen) atoms. The van der Waals surface area contributed by atoms with Crippen LogP contribution in [0.3, 0.4) is 0 Å². The predicted octanol–water partition coefficient (Wildman–Crippen LogP) is 2.71. The molecule has 3 heteroatoms.